The summed E-state index contributed by atoms with van der Waals surface area (Å²) in [5.74, 6) is 3.81. The van der Waals surface area contributed by atoms with Crippen molar-refractivity contribution in [1.29, 1.82) is 0 Å². The van der Waals surface area contributed by atoms with Gasteiger partial charge in [-0.05, 0) is 30.1 Å². The fourth-order valence-corrected chi connectivity index (χ4v) is 2.58. The van der Waals surface area contributed by atoms with Crippen LogP contribution in [0.15, 0.2) is 0 Å². The molecule has 0 radical (unpaired) electrons. The highest BCUT2D eigenvalue weighted by molar-refractivity contribution is 4.74. The molecule has 0 aromatic heterocycles. The second kappa shape index (κ2) is 5.02. The molecule has 0 nitrogen and oxygen atoms in total. The lowest BCUT2D eigenvalue weighted by atomic mass is 9.82. The van der Waals surface area contributed by atoms with Crippen LogP contribution in [0.3, 0.4) is 0 Å². The quantitative estimate of drug-likeness (QED) is 0.600. The Labute approximate surface area is 84.1 Å². The van der Waals surface area contributed by atoms with Crippen LogP contribution in [0.4, 0.5) is 0 Å². The molecule has 13 heavy (non-hydrogen) atoms. The minimum Gasteiger partial charge on any atom is -0.0625 e. The molecular weight excluding hydrogens is 156 g/mol. The number of hydrogen-bond donors (Lipinski definition) is 0. The van der Waals surface area contributed by atoms with E-state index in [2.05, 4.69) is 27.7 Å². The van der Waals surface area contributed by atoms with Gasteiger partial charge >= 0.3 is 0 Å². The maximum absolute atomic E-state index is 2.47. The first-order valence-electron chi connectivity index (χ1n) is 6.11. The Kier molecular flexibility index (Phi) is 4.28. The van der Waals surface area contributed by atoms with E-state index in [-0.39, 0.29) is 0 Å². The Morgan fingerprint density at radius 3 is 2.00 bits per heavy atom. The summed E-state index contributed by atoms with van der Waals surface area (Å²) in [5.41, 5.74) is 0. The molecule has 2 unspecified atom stereocenters. The van der Waals surface area contributed by atoms with Crippen LogP contribution in [0.1, 0.15) is 59.8 Å². The van der Waals surface area contributed by atoms with Crippen molar-refractivity contribution < 1.29 is 0 Å². The van der Waals surface area contributed by atoms with Gasteiger partial charge in [0, 0.05) is 0 Å². The lowest BCUT2D eigenvalue weighted by molar-refractivity contribution is 0.263. The van der Waals surface area contributed by atoms with Crippen molar-refractivity contribution in [3.63, 3.8) is 0 Å². The fourth-order valence-electron chi connectivity index (χ4n) is 2.58. The van der Waals surface area contributed by atoms with Gasteiger partial charge in [0.25, 0.3) is 0 Å². The van der Waals surface area contributed by atoms with Crippen LogP contribution in [0.5, 0.6) is 0 Å². The van der Waals surface area contributed by atoms with Crippen LogP contribution < -0.4 is 0 Å². The summed E-state index contributed by atoms with van der Waals surface area (Å²) in [6, 6.07) is 0. The molecule has 0 spiro atoms. The monoisotopic (exact) mass is 182 g/mol. The van der Waals surface area contributed by atoms with Crippen LogP contribution in [-0.2, 0) is 0 Å². The van der Waals surface area contributed by atoms with E-state index in [1.54, 1.807) is 0 Å². The molecule has 0 aliphatic heterocycles. The minimum absolute atomic E-state index is 0.865. The smallest absolute Gasteiger partial charge is 0.0388 e. The zero-order valence-electron chi connectivity index (χ0n) is 9.84. The van der Waals surface area contributed by atoms with E-state index < -0.39 is 0 Å². The van der Waals surface area contributed by atoms with Crippen molar-refractivity contribution in [3.8, 4) is 0 Å². The maximum Gasteiger partial charge on any atom is -0.0388 e. The second-order valence-electron chi connectivity index (χ2n) is 5.48. The van der Waals surface area contributed by atoms with Crippen molar-refractivity contribution in [1.82, 2.24) is 0 Å². The summed E-state index contributed by atoms with van der Waals surface area (Å²) < 4.78 is 0. The van der Waals surface area contributed by atoms with Gasteiger partial charge in [-0.25, -0.2) is 0 Å². The van der Waals surface area contributed by atoms with E-state index in [9.17, 15) is 0 Å². The molecule has 0 heterocycles. The molecule has 0 bridgehead atoms. The zero-order chi connectivity index (χ0) is 9.84. The van der Waals surface area contributed by atoms with Gasteiger partial charge in [0.2, 0.25) is 0 Å². The van der Waals surface area contributed by atoms with Gasteiger partial charge in [-0.15, -0.1) is 0 Å². The largest absolute Gasteiger partial charge is 0.0625 e. The third-order valence-corrected chi connectivity index (χ3v) is 4.09. The van der Waals surface area contributed by atoms with Crippen LogP contribution in [-0.4, -0.2) is 0 Å². The summed E-state index contributed by atoms with van der Waals surface area (Å²) in [7, 11) is 0. The first kappa shape index (κ1) is 11.1. The Balaban J connectivity index is 2.26. The second-order valence-corrected chi connectivity index (χ2v) is 5.48. The van der Waals surface area contributed by atoms with E-state index in [0.717, 1.165) is 23.7 Å². The molecule has 78 valence electrons. The predicted octanol–water partition coefficient (Wildman–Crippen LogP) is 4.49. The Morgan fingerprint density at radius 1 is 1.00 bits per heavy atom. The standard InChI is InChI=1S/C13H26/c1-10(2)11(3)9-12(4)13-7-5-6-8-13/h10-13H,5-9H2,1-4H3. The first-order valence-corrected chi connectivity index (χ1v) is 6.11. The predicted molar refractivity (Wildman–Crippen MR) is 59.7 cm³/mol. The van der Waals surface area contributed by atoms with Crippen LogP contribution in [0.25, 0.3) is 0 Å². The van der Waals surface area contributed by atoms with E-state index in [1.807, 2.05) is 0 Å². The molecule has 0 aromatic carbocycles. The summed E-state index contributed by atoms with van der Waals surface area (Å²) in [6.07, 6.45) is 7.44. The maximum atomic E-state index is 2.47. The molecule has 0 N–H and O–H groups in total. The van der Waals surface area contributed by atoms with Gasteiger partial charge in [-0.2, -0.15) is 0 Å². The molecule has 0 amide bonds. The summed E-state index contributed by atoms with van der Waals surface area (Å²) in [5, 5.41) is 0. The van der Waals surface area contributed by atoms with Crippen molar-refractivity contribution >= 4 is 0 Å². The Hall–Kier alpha value is 0. The molecule has 1 rings (SSSR count). The van der Waals surface area contributed by atoms with Crippen molar-refractivity contribution in [2.75, 3.05) is 0 Å². The van der Waals surface area contributed by atoms with Gasteiger partial charge in [0.15, 0.2) is 0 Å². The van der Waals surface area contributed by atoms with E-state index >= 15 is 0 Å². The lowest BCUT2D eigenvalue weighted by Gasteiger charge is -2.24. The third-order valence-electron chi connectivity index (χ3n) is 4.09. The van der Waals surface area contributed by atoms with E-state index in [1.165, 1.54) is 32.1 Å². The average Bonchev–Trinajstić information content (AvgIpc) is 2.55. The van der Waals surface area contributed by atoms with Crippen LogP contribution in [0, 0.1) is 23.7 Å². The van der Waals surface area contributed by atoms with Gasteiger partial charge in [0.05, 0.1) is 0 Å². The highest BCUT2D eigenvalue weighted by Gasteiger charge is 2.23. The van der Waals surface area contributed by atoms with Gasteiger partial charge in [-0.3, -0.25) is 0 Å². The first-order chi connectivity index (χ1) is 6.11. The number of hydrogen-bond acceptors (Lipinski definition) is 0. The summed E-state index contributed by atoms with van der Waals surface area (Å²) in [6.45, 7) is 9.59. The normalized spacial score (nSPS) is 23.8. The molecular formula is C13H26. The molecule has 0 saturated heterocycles. The minimum atomic E-state index is 0.865. The topological polar surface area (TPSA) is 0 Å². The van der Waals surface area contributed by atoms with Crippen LogP contribution in [0.2, 0.25) is 0 Å². The zero-order valence-corrected chi connectivity index (χ0v) is 9.84. The highest BCUT2D eigenvalue weighted by Crippen LogP contribution is 2.35. The fraction of sp³-hybridized carbons (Fsp3) is 1.00. The molecule has 0 heteroatoms. The van der Waals surface area contributed by atoms with Crippen molar-refractivity contribution in [2.24, 2.45) is 23.7 Å². The van der Waals surface area contributed by atoms with Crippen molar-refractivity contribution in [3.05, 3.63) is 0 Å². The SMILES string of the molecule is CC(C)C(C)CC(C)C1CCCC1. The molecule has 1 aliphatic rings. The van der Waals surface area contributed by atoms with Crippen molar-refractivity contribution in [2.45, 2.75) is 59.8 Å². The van der Waals surface area contributed by atoms with Gasteiger partial charge < -0.3 is 0 Å². The molecule has 2 atom stereocenters. The Morgan fingerprint density at radius 2 is 1.54 bits per heavy atom. The molecule has 0 aromatic rings. The van der Waals surface area contributed by atoms with Gasteiger partial charge in [0.1, 0.15) is 0 Å². The summed E-state index contributed by atoms with van der Waals surface area (Å²) in [4.78, 5) is 0. The average molecular weight is 182 g/mol. The van der Waals surface area contributed by atoms with Crippen LogP contribution >= 0.6 is 0 Å². The third kappa shape index (κ3) is 3.32. The highest BCUT2D eigenvalue weighted by atomic mass is 14.3. The van der Waals surface area contributed by atoms with E-state index in [4.69, 9.17) is 0 Å². The summed E-state index contributed by atoms with van der Waals surface area (Å²) >= 11 is 0. The molecule has 1 fully saturated rings. The lowest BCUT2D eigenvalue weighted by Crippen LogP contribution is -2.14. The molecule has 1 saturated carbocycles. The van der Waals surface area contributed by atoms with E-state index in [0.29, 0.717) is 0 Å². The number of rotatable bonds is 4. The molecule has 1 aliphatic carbocycles. The van der Waals surface area contributed by atoms with Gasteiger partial charge in [-0.1, -0.05) is 53.4 Å². The Bertz CT molecular complexity index is 131.